The molecule has 7 nitrogen and oxygen atoms in total. The summed E-state index contributed by atoms with van der Waals surface area (Å²) in [5.74, 6) is -0.673. The molecular weight excluding hydrogens is 298 g/mol. The fourth-order valence-corrected chi connectivity index (χ4v) is 1.80. The zero-order valence-corrected chi connectivity index (χ0v) is 13.1. The number of urea groups is 2. The number of aldehydes is 1. The summed E-state index contributed by atoms with van der Waals surface area (Å²) >= 11 is 0. The minimum Gasteiger partial charge on any atom is -0.341 e. The van der Waals surface area contributed by atoms with Gasteiger partial charge in [0.15, 0.2) is 0 Å². The van der Waals surface area contributed by atoms with Gasteiger partial charge in [0, 0.05) is 19.7 Å². The summed E-state index contributed by atoms with van der Waals surface area (Å²) in [5, 5.41) is 2.31. The molecule has 7 heteroatoms. The Morgan fingerprint density at radius 1 is 1.13 bits per heavy atom. The minimum absolute atomic E-state index is 0.0730. The highest BCUT2D eigenvalue weighted by Crippen LogP contribution is 2.05. The van der Waals surface area contributed by atoms with Crippen LogP contribution < -0.4 is 5.32 Å². The van der Waals surface area contributed by atoms with Crippen LogP contribution in [-0.2, 0) is 9.59 Å². The topological polar surface area (TPSA) is 86.8 Å². The number of nitrogens with zero attached hydrogens (tertiary/aromatic N) is 2. The van der Waals surface area contributed by atoms with Crippen LogP contribution in [0.25, 0.3) is 6.08 Å². The molecule has 0 spiro atoms. The van der Waals surface area contributed by atoms with Gasteiger partial charge in [0.1, 0.15) is 6.29 Å². The van der Waals surface area contributed by atoms with E-state index < -0.39 is 24.5 Å². The molecular formula is C16H19N3O4. The smallest absolute Gasteiger partial charge is 0.335 e. The SMILES string of the molecule is CCN(C(=O)NC)C(=O)N(CC=O)C(=O)C=Cc1ccccc1. The predicted molar refractivity (Wildman–Crippen MR) is 85.5 cm³/mol. The van der Waals surface area contributed by atoms with Crippen LogP contribution in [0.1, 0.15) is 12.5 Å². The number of carbonyl (C=O) groups excluding carboxylic acids is 4. The van der Waals surface area contributed by atoms with Crippen LogP contribution in [-0.4, -0.2) is 54.2 Å². The lowest BCUT2D eigenvalue weighted by Gasteiger charge is -2.24. The highest BCUT2D eigenvalue weighted by atomic mass is 16.2. The zero-order valence-electron chi connectivity index (χ0n) is 13.1. The number of benzene rings is 1. The van der Waals surface area contributed by atoms with Crippen molar-refractivity contribution >= 4 is 30.3 Å². The van der Waals surface area contributed by atoms with Gasteiger partial charge in [-0.25, -0.2) is 14.5 Å². The van der Waals surface area contributed by atoms with Crippen LogP contribution in [0.15, 0.2) is 36.4 Å². The molecule has 0 fully saturated rings. The van der Waals surface area contributed by atoms with E-state index in [-0.39, 0.29) is 6.54 Å². The maximum Gasteiger partial charge on any atom is 0.335 e. The van der Waals surface area contributed by atoms with Gasteiger partial charge in [0.2, 0.25) is 0 Å². The zero-order chi connectivity index (χ0) is 17.2. The van der Waals surface area contributed by atoms with E-state index in [9.17, 15) is 19.2 Å². The maximum atomic E-state index is 12.3. The monoisotopic (exact) mass is 317 g/mol. The Hall–Kier alpha value is -2.96. The van der Waals surface area contributed by atoms with Gasteiger partial charge in [0.05, 0.1) is 6.54 Å². The highest BCUT2D eigenvalue weighted by molar-refractivity contribution is 6.07. The largest absolute Gasteiger partial charge is 0.341 e. The number of nitrogens with one attached hydrogen (secondary N) is 1. The molecule has 1 aromatic rings. The van der Waals surface area contributed by atoms with Crippen molar-refractivity contribution in [2.45, 2.75) is 6.92 Å². The molecule has 0 saturated carbocycles. The van der Waals surface area contributed by atoms with E-state index in [0.717, 1.165) is 10.5 Å². The third kappa shape index (κ3) is 5.06. The molecule has 122 valence electrons. The number of carbonyl (C=O) groups is 4. The molecule has 1 N–H and O–H groups in total. The first-order valence-corrected chi connectivity index (χ1v) is 7.06. The summed E-state index contributed by atoms with van der Waals surface area (Å²) in [7, 11) is 1.37. The van der Waals surface area contributed by atoms with Gasteiger partial charge >= 0.3 is 12.1 Å². The lowest BCUT2D eigenvalue weighted by molar-refractivity contribution is -0.125. The summed E-state index contributed by atoms with van der Waals surface area (Å²) in [6.07, 6.45) is 3.15. The summed E-state index contributed by atoms with van der Waals surface area (Å²) in [5.41, 5.74) is 0.776. The Kier molecular flexibility index (Phi) is 7.19. The van der Waals surface area contributed by atoms with Crippen molar-refractivity contribution < 1.29 is 19.2 Å². The lowest BCUT2D eigenvalue weighted by atomic mass is 10.2. The average molecular weight is 317 g/mol. The third-order valence-electron chi connectivity index (χ3n) is 2.98. The summed E-state index contributed by atoms with van der Waals surface area (Å²) < 4.78 is 0. The Labute approximate surface area is 134 Å². The highest BCUT2D eigenvalue weighted by Gasteiger charge is 2.27. The van der Waals surface area contributed by atoms with Crippen molar-refractivity contribution in [3.8, 4) is 0 Å². The molecule has 5 amide bonds. The van der Waals surface area contributed by atoms with Crippen molar-refractivity contribution in [3.05, 3.63) is 42.0 Å². The maximum absolute atomic E-state index is 12.3. The van der Waals surface area contributed by atoms with E-state index in [4.69, 9.17) is 0 Å². The van der Waals surface area contributed by atoms with Crippen LogP contribution in [0.3, 0.4) is 0 Å². The van der Waals surface area contributed by atoms with Gasteiger partial charge in [0.25, 0.3) is 5.91 Å². The van der Waals surface area contributed by atoms with Crippen LogP contribution in [0.2, 0.25) is 0 Å². The Morgan fingerprint density at radius 2 is 1.78 bits per heavy atom. The van der Waals surface area contributed by atoms with Gasteiger partial charge in [-0.3, -0.25) is 9.69 Å². The quantitative estimate of drug-likeness (QED) is 0.659. The van der Waals surface area contributed by atoms with E-state index >= 15 is 0 Å². The van der Waals surface area contributed by atoms with Crippen molar-refractivity contribution in [3.63, 3.8) is 0 Å². The molecule has 1 rings (SSSR count). The number of rotatable bonds is 5. The fourth-order valence-electron chi connectivity index (χ4n) is 1.80. The summed E-state index contributed by atoms with van der Waals surface area (Å²) in [6.45, 7) is 1.24. The standard InChI is InChI=1S/C16H19N3O4/c1-3-18(15(22)17-2)16(23)19(11-12-20)14(21)10-9-13-7-5-4-6-8-13/h4-10,12H,3,11H2,1-2H3,(H,17,22). The molecule has 0 aliphatic heterocycles. The number of hydrogen-bond acceptors (Lipinski definition) is 4. The van der Waals surface area contributed by atoms with E-state index in [1.165, 1.54) is 19.2 Å². The molecule has 0 atom stereocenters. The van der Waals surface area contributed by atoms with Crippen LogP contribution in [0, 0.1) is 0 Å². The third-order valence-corrected chi connectivity index (χ3v) is 2.98. The minimum atomic E-state index is -0.846. The van der Waals surface area contributed by atoms with Crippen molar-refractivity contribution in [2.75, 3.05) is 20.1 Å². The number of amides is 5. The number of imide groups is 2. The normalized spacial score (nSPS) is 10.2. The van der Waals surface area contributed by atoms with E-state index in [2.05, 4.69) is 5.32 Å². The molecule has 23 heavy (non-hydrogen) atoms. The summed E-state index contributed by atoms with van der Waals surface area (Å²) in [4.78, 5) is 48.4. The van der Waals surface area contributed by atoms with Crippen LogP contribution >= 0.6 is 0 Å². The number of hydrogen-bond donors (Lipinski definition) is 1. The van der Waals surface area contributed by atoms with E-state index in [1.807, 2.05) is 18.2 Å². The fraction of sp³-hybridized carbons (Fsp3) is 0.250. The second-order valence-electron chi connectivity index (χ2n) is 4.44. The Balaban J connectivity index is 2.93. The van der Waals surface area contributed by atoms with Crippen molar-refractivity contribution in [2.24, 2.45) is 0 Å². The van der Waals surface area contributed by atoms with Crippen molar-refractivity contribution in [1.29, 1.82) is 0 Å². The molecule has 0 aliphatic rings. The lowest BCUT2D eigenvalue weighted by Crippen LogP contribution is -2.51. The van der Waals surface area contributed by atoms with E-state index in [1.54, 1.807) is 19.1 Å². The average Bonchev–Trinajstić information content (AvgIpc) is 2.58. The van der Waals surface area contributed by atoms with Gasteiger partial charge < -0.3 is 10.1 Å². The second-order valence-corrected chi connectivity index (χ2v) is 4.44. The first-order chi connectivity index (χ1) is 11.0. The Morgan fingerprint density at radius 3 is 2.30 bits per heavy atom. The first-order valence-electron chi connectivity index (χ1n) is 7.06. The molecule has 0 aliphatic carbocycles. The predicted octanol–water partition coefficient (Wildman–Crippen LogP) is 1.51. The molecule has 0 aromatic heterocycles. The Bertz CT molecular complexity index is 599. The first kappa shape index (κ1) is 18.1. The second kappa shape index (κ2) is 9.14. The van der Waals surface area contributed by atoms with Gasteiger partial charge in [-0.1, -0.05) is 30.3 Å². The van der Waals surface area contributed by atoms with Crippen LogP contribution in [0.4, 0.5) is 9.59 Å². The molecule has 0 saturated heterocycles. The molecule has 0 unspecified atom stereocenters. The van der Waals surface area contributed by atoms with Crippen LogP contribution in [0.5, 0.6) is 0 Å². The molecule has 0 heterocycles. The molecule has 0 radical (unpaired) electrons. The van der Waals surface area contributed by atoms with Gasteiger partial charge in [-0.15, -0.1) is 0 Å². The van der Waals surface area contributed by atoms with Gasteiger partial charge in [-0.2, -0.15) is 0 Å². The summed E-state index contributed by atoms with van der Waals surface area (Å²) in [6, 6.07) is 7.54. The van der Waals surface area contributed by atoms with Crippen molar-refractivity contribution in [1.82, 2.24) is 15.1 Å². The van der Waals surface area contributed by atoms with Gasteiger partial charge in [-0.05, 0) is 18.6 Å². The molecule has 1 aromatic carbocycles. The van der Waals surface area contributed by atoms with E-state index in [0.29, 0.717) is 11.2 Å². The molecule has 0 bridgehead atoms.